The van der Waals surface area contributed by atoms with Crippen molar-refractivity contribution < 1.29 is 4.79 Å². The van der Waals surface area contributed by atoms with Gasteiger partial charge in [0.25, 0.3) is 5.91 Å². The molecule has 4 bridgehead atoms. The first kappa shape index (κ1) is 28.2. The molecule has 0 saturated carbocycles. The third-order valence-electron chi connectivity index (χ3n) is 7.93. The molecule has 5 rings (SSSR count). The summed E-state index contributed by atoms with van der Waals surface area (Å²) in [7, 11) is 0. The Hall–Kier alpha value is -3.32. The number of fused-ring (bicyclic) bond motifs is 6. The van der Waals surface area contributed by atoms with E-state index in [1.807, 2.05) is 30.3 Å². The lowest BCUT2D eigenvalue weighted by Crippen LogP contribution is -2.41. The van der Waals surface area contributed by atoms with E-state index in [-0.39, 0.29) is 22.9 Å². The smallest absolute Gasteiger partial charge is 0.268 e. The van der Waals surface area contributed by atoms with E-state index >= 15 is 0 Å². The lowest BCUT2D eigenvalue weighted by Gasteiger charge is -2.35. The number of aromatic nitrogens is 2. The summed E-state index contributed by atoms with van der Waals surface area (Å²) in [6.07, 6.45) is 4.86. The molecule has 210 valence electrons. The second kappa shape index (κ2) is 11.3. The standard InChI is InChI=1S/C33H41N5OS/c1-7-20-38-31(39)25-17-19-27(32(2,3)4)35-30(25)37-22-23(21-33(37,5)6)16-18-26(24-12-9-8-10-13-24)34-28-14-11-15-29(36-28)40-38/h7-15,17,19,23,26H,1,16,18,20-22H2,2-6H3,(H,34,36)/t23-,26?/m0/s1. The summed E-state index contributed by atoms with van der Waals surface area (Å²) in [5.74, 6) is 2.00. The summed E-state index contributed by atoms with van der Waals surface area (Å²) in [5.41, 5.74) is 2.61. The first-order chi connectivity index (χ1) is 19.0. The molecule has 6 nitrogen and oxygen atoms in total. The summed E-state index contributed by atoms with van der Waals surface area (Å²) in [4.78, 5) is 26.7. The zero-order valence-electron chi connectivity index (χ0n) is 24.4. The minimum absolute atomic E-state index is 0.0793. The van der Waals surface area contributed by atoms with Crippen molar-refractivity contribution in [3.05, 3.63) is 90.1 Å². The van der Waals surface area contributed by atoms with Crippen LogP contribution < -0.4 is 10.2 Å². The molecule has 2 atom stereocenters. The van der Waals surface area contributed by atoms with E-state index in [0.29, 0.717) is 18.0 Å². The van der Waals surface area contributed by atoms with Crippen LogP contribution in [-0.2, 0) is 5.41 Å². The minimum Gasteiger partial charge on any atom is -0.363 e. The molecule has 40 heavy (non-hydrogen) atoms. The molecule has 2 aromatic heterocycles. The number of nitrogens with one attached hydrogen (secondary N) is 1. The van der Waals surface area contributed by atoms with Gasteiger partial charge in [-0.1, -0.05) is 63.2 Å². The third kappa shape index (κ3) is 6.04. The second-order valence-electron chi connectivity index (χ2n) is 12.6. The van der Waals surface area contributed by atoms with Crippen LogP contribution in [0.3, 0.4) is 0 Å². The Morgan fingerprint density at radius 3 is 2.55 bits per heavy atom. The number of hydrogen-bond acceptors (Lipinski definition) is 6. The molecule has 1 saturated heterocycles. The molecule has 0 spiro atoms. The summed E-state index contributed by atoms with van der Waals surface area (Å²) < 4.78 is 1.74. The molecule has 3 aromatic rings. The maximum atomic E-state index is 14.2. The molecule has 2 aliphatic rings. The lowest BCUT2D eigenvalue weighted by atomic mass is 9.90. The van der Waals surface area contributed by atoms with Crippen LogP contribution in [-0.4, -0.2) is 38.8 Å². The summed E-state index contributed by atoms with van der Waals surface area (Å²) in [5, 5.41) is 4.46. The maximum Gasteiger partial charge on any atom is 0.268 e. The predicted molar refractivity (Wildman–Crippen MR) is 166 cm³/mol. The van der Waals surface area contributed by atoms with Gasteiger partial charge < -0.3 is 10.2 Å². The van der Waals surface area contributed by atoms with Gasteiger partial charge in [0, 0.05) is 35.1 Å². The molecule has 4 heterocycles. The van der Waals surface area contributed by atoms with Crippen molar-refractivity contribution >= 4 is 29.5 Å². The van der Waals surface area contributed by atoms with Crippen LogP contribution in [0.25, 0.3) is 0 Å². The second-order valence-corrected chi connectivity index (χ2v) is 13.6. The molecule has 1 N–H and O–H groups in total. The van der Waals surface area contributed by atoms with Crippen LogP contribution in [0.5, 0.6) is 0 Å². The van der Waals surface area contributed by atoms with Crippen molar-refractivity contribution in [1.82, 2.24) is 14.3 Å². The largest absolute Gasteiger partial charge is 0.363 e. The highest BCUT2D eigenvalue weighted by molar-refractivity contribution is 7.97. The summed E-state index contributed by atoms with van der Waals surface area (Å²) in [6, 6.07) is 20.7. The number of anilines is 2. The number of benzene rings is 1. The zero-order valence-corrected chi connectivity index (χ0v) is 25.2. The van der Waals surface area contributed by atoms with Gasteiger partial charge in [-0.3, -0.25) is 9.10 Å². The fourth-order valence-corrected chi connectivity index (χ4v) is 6.72. The Kier molecular flexibility index (Phi) is 7.96. The van der Waals surface area contributed by atoms with Gasteiger partial charge in [0.05, 0.1) is 18.2 Å². The van der Waals surface area contributed by atoms with E-state index in [1.165, 1.54) is 17.5 Å². The van der Waals surface area contributed by atoms with E-state index < -0.39 is 0 Å². The van der Waals surface area contributed by atoms with Crippen LogP contribution in [0.15, 0.2) is 78.3 Å². The number of carbonyl (C=O) groups excluding carboxylic acids is 1. The van der Waals surface area contributed by atoms with Crippen molar-refractivity contribution in [1.29, 1.82) is 0 Å². The van der Waals surface area contributed by atoms with E-state index in [0.717, 1.165) is 48.2 Å². The normalized spacial score (nSPS) is 21.2. The molecule has 2 aliphatic heterocycles. The zero-order chi connectivity index (χ0) is 28.5. The van der Waals surface area contributed by atoms with Crippen molar-refractivity contribution in [2.45, 2.75) is 75.9 Å². The average Bonchev–Trinajstić information content (AvgIpc) is 3.23. The number of nitrogens with zero attached hydrogens (tertiary/aromatic N) is 4. The Labute approximate surface area is 243 Å². The van der Waals surface area contributed by atoms with Crippen molar-refractivity contribution in [3.63, 3.8) is 0 Å². The van der Waals surface area contributed by atoms with Gasteiger partial charge in [0.1, 0.15) is 16.7 Å². The maximum absolute atomic E-state index is 14.2. The topological polar surface area (TPSA) is 61.4 Å². The van der Waals surface area contributed by atoms with E-state index in [4.69, 9.17) is 9.97 Å². The third-order valence-corrected chi connectivity index (χ3v) is 8.88. The number of pyridine rings is 2. The molecule has 0 radical (unpaired) electrons. The van der Waals surface area contributed by atoms with Crippen molar-refractivity contribution in [2.24, 2.45) is 5.92 Å². The minimum atomic E-state index is -0.132. The average molecular weight is 556 g/mol. The van der Waals surface area contributed by atoms with Gasteiger partial charge in [-0.15, -0.1) is 6.58 Å². The quantitative estimate of drug-likeness (QED) is 0.264. The van der Waals surface area contributed by atoms with Crippen molar-refractivity contribution in [3.8, 4) is 0 Å². The molecule has 1 fully saturated rings. The van der Waals surface area contributed by atoms with E-state index in [2.05, 4.69) is 81.7 Å². The van der Waals surface area contributed by atoms with E-state index in [1.54, 1.807) is 10.4 Å². The number of amides is 1. The van der Waals surface area contributed by atoms with Crippen LogP contribution >= 0.6 is 11.9 Å². The van der Waals surface area contributed by atoms with Crippen LogP contribution in [0, 0.1) is 5.92 Å². The Morgan fingerprint density at radius 1 is 1.05 bits per heavy atom. The lowest BCUT2D eigenvalue weighted by molar-refractivity contribution is 0.0881. The Bertz CT molecular complexity index is 1370. The molecule has 1 aromatic carbocycles. The Balaban J connectivity index is 1.62. The Morgan fingerprint density at radius 2 is 1.82 bits per heavy atom. The fraction of sp³-hybridized carbons (Fsp3) is 0.424. The van der Waals surface area contributed by atoms with Crippen LogP contribution in [0.4, 0.5) is 11.6 Å². The monoisotopic (exact) mass is 555 g/mol. The van der Waals surface area contributed by atoms with Crippen LogP contribution in [0.2, 0.25) is 0 Å². The summed E-state index contributed by atoms with van der Waals surface area (Å²) in [6.45, 7) is 16.3. The summed E-state index contributed by atoms with van der Waals surface area (Å²) >= 11 is 1.35. The molecule has 7 heteroatoms. The van der Waals surface area contributed by atoms with Gasteiger partial charge in [0.2, 0.25) is 0 Å². The molecule has 1 unspecified atom stereocenters. The molecule has 0 aliphatic carbocycles. The van der Waals surface area contributed by atoms with Gasteiger partial charge >= 0.3 is 0 Å². The van der Waals surface area contributed by atoms with Gasteiger partial charge in [-0.25, -0.2) is 9.97 Å². The van der Waals surface area contributed by atoms with Gasteiger partial charge in [-0.05, 0) is 68.9 Å². The van der Waals surface area contributed by atoms with Gasteiger partial charge in [-0.2, -0.15) is 0 Å². The highest BCUT2D eigenvalue weighted by atomic mass is 32.2. The van der Waals surface area contributed by atoms with E-state index in [9.17, 15) is 4.79 Å². The number of hydrogen-bond donors (Lipinski definition) is 1. The first-order valence-electron chi connectivity index (χ1n) is 14.2. The number of rotatable bonds is 3. The first-order valence-corrected chi connectivity index (χ1v) is 15.0. The van der Waals surface area contributed by atoms with Crippen LogP contribution in [0.1, 0.15) is 81.5 Å². The molecular weight excluding hydrogens is 514 g/mol. The highest BCUT2D eigenvalue weighted by Crippen LogP contribution is 2.42. The molecule has 1 amide bonds. The SMILES string of the molecule is C=CCN1Sc2cccc(n2)NC(c2ccccc2)CC[C@@H]2CN(c3nc(C(C)(C)C)ccc3C1=O)C(C)(C)C2. The van der Waals surface area contributed by atoms with Crippen molar-refractivity contribution in [2.75, 3.05) is 23.3 Å². The number of carbonyl (C=O) groups is 1. The highest BCUT2D eigenvalue weighted by Gasteiger charge is 2.41. The molecular formula is C33H41N5OS. The van der Waals surface area contributed by atoms with Gasteiger partial charge in [0.15, 0.2) is 0 Å². The predicted octanol–water partition coefficient (Wildman–Crippen LogP) is 7.66. The fourth-order valence-electron chi connectivity index (χ4n) is 5.85.